The summed E-state index contributed by atoms with van der Waals surface area (Å²) in [6, 6.07) is 15.0. The summed E-state index contributed by atoms with van der Waals surface area (Å²) in [4.78, 5) is 33.0. The molecule has 5 rings (SSSR count). The number of thioether (sulfide) groups is 1. The maximum absolute atomic E-state index is 13.2. The molecule has 9 nitrogen and oxygen atoms in total. The normalized spacial score (nSPS) is 19.8. The second kappa shape index (κ2) is 13.3. The van der Waals surface area contributed by atoms with Gasteiger partial charge in [0, 0.05) is 18.8 Å². The van der Waals surface area contributed by atoms with Crippen molar-refractivity contribution in [2.75, 3.05) is 27.4 Å². The number of fused-ring (bicyclic) bond motifs is 1. The van der Waals surface area contributed by atoms with Crippen LogP contribution in [0.3, 0.4) is 0 Å². The highest BCUT2D eigenvalue weighted by Gasteiger charge is 2.41. The van der Waals surface area contributed by atoms with Crippen molar-refractivity contribution in [3.8, 4) is 11.5 Å². The van der Waals surface area contributed by atoms with Crippen molar-refractivity contribution in [2.45, 2.75) is 51.4 Å². The van der Waals surface area contributed by atoms with Gasteiger partial charge >= 0.3 is 5.97 Å². The Balaban J connectivity index is 1.44. The molecule has 0 bridgehead atoms. The second-order valence-electron chi connectivity index (χ2n) is 9.90. The maximum Gasteiger partial charge on any atom is 0.338 e. The SMILES string of the molecule is CCC1=C(C(=O)OC)[C@H](c2ccc(OCc3ccccc3)c(OC)c2)N2C(CC(=O)NC[C@@H]3CCCO3)=CSC2=N1. The maximum atomic E-state index is 13.2. The van der Waals surface area contributed by atoms with E-state index in [1.807, 2.05) is 65.8 Å². The molecule has 0 aromatic heterocycles. The summed E-state index contributed by atoms with van der Waals surface area (Å²) >= 11 is 1.44. The number of hydrogen-bond acceptors (Lipinski definition) is 9. The standard InChI is InChI=1S/C31H35N3O6S/c1-4-24-28(30(36)38-3)29(21-12-13-25(26(15-21)37-2)40-18-20-9-6-5-7-10-20)34-22(19-41-31(34)33-24)16-27(35)32-17-23-11-8-14-39-23/h5-7,9-10,12-13,15,19,23,29H,4,8,11,14,16-18H2,1-3H3,(H,32,35)/t23-,29-/m0/s1. The van der Waals surface area contributed by atoms with Gasteiger partial charge in [-0.15, -0.1) is 0 Å². The lowest BCUT2D eigenvalue weighted by atomic mass is 9.92. The van der Waals surface area contributed by atoms with Crippen molar-refractivity contribution in [1.82, 2.24) is 10.2 Å². The van der Waals surface area contributed by atoms with Gasteiger partial charge in [-0.05, 0) is 47.9 Å². The number of nitrogens with one attached hydrogen (secondary N) is 1. The van der Waals surface area contributed by atoms with Gasteiger partial charge < -0.3 is 29.2 Å². The first-order chi connectivity index (χ1) is 20.0. The topological polar surface area (TPSA) is 98.7 Å². The van der Waals surface area contributed by atoms with E-state index in [1.54, 1.807) is 7.11 Å². The summed E-state index contributed by atoms with van der Waals surface area (Å²) in [5.41, 5.74) is 3.68. The number of methoxy groups -OCH3 is 2. The Labute approximate surface area is 244 Å². The number of hydrogen-bond donors (Lipinski definition) is 1. The summed E-state index contributed by atoms with van der Waals surface area (Å²) in [6.07, 6.45) is 2.71. The number of carbonyl (C=O) groups excluding carboxylic acids is 2. The van der Waals surface area contributed by atoms with Crippen LogP contribution >= 0.6 is 11.8 Å². The van der Waals surface area contributed by atoms with Crippen LogP contribution in [0.5, 0.6) is 11.5 Å². The van der Waals surface area contributed by atoms with Crippen LogP contribution in [-0.2, 0) is 25.7 Å². The van der Waals surface area contributed by atoms with Crippen LogP contribution in [-0.4, -0.2) is 55.4 Å². The Hall–Kier alpha value is -3.76. The Bertz CT molecular complexity index is 1370. The molecule has 2 aromatic rings. The molecule has 3 aliphatic rings. The van der Waals surface area contributed by atoms with E-state index in [0.29, 0.717) is 47.5 Å². The van der Waals surface area contributed by atoms with Crippen molar-refractivity contribution in [1.29, 1.82) is 0 Å². The number of amidine groups is 1. The fourth-order valence-corrected chi connectivity index (χ4v) is 6.13. The van der Waals surface area contributed by atoms with E-state index in [1.165, 1.54) is 18.9 Å². The number of esters is 1. The summed E-state index contributed by atoms with van der Waals surface area (Å²) in [6.45, 7) is 3.57. The van der Waals surface area contributed by atoms with Crippen molar-refractivity contribution in [3.63, 3.8) is 0 Å². The number of rotatable bonds is 11. The van der Waals surface area contributed by atoms with Gasteiger partial charge in [-0.2, -0.15) is 0 Å². The minimum atomic E-state index is -0.561. The quantitative estimate of drug-likeness (QED) is 0.369. The predicted octanol–water partition coefficient (Wildman–Crippen LogP) is 5.10. The average Bonchev–Trinajstić information content (AvgIpc) is 3.68. The van der Waals surface area contributed by atoms with Gasteiger partial charge in [0.25, 0.3) is 0 Å². The molecule has 216 valence electrons. The van der Waals surface area contributed by atoms with Crippen LogP contribution in [0.15, 0.2) is 75.9 Å². The molecule has 1 fully saturated rings. The first kappa shape index (κ1) is 28.8. The highest BCUT2D eigenvalue weighted by molar-refractivity contribution is 8.16. The molecule has 1 amide bonds. The zero-order valence-corrected chi connectivity index (χ0v) is 24.4. The number of nitrogens with zero attached hydrogens (tertiary/aromatic N) is 2. The Kier molecular flexibility index (Phi) is 9.31. The van der Waals surface area contributed by atoms with Crippen molar-refractivity contribution in [2.24, 2.45) is 4.99 Å². The van der Waals surface area contributed by atoms with E-state index in [2.05, 4.69) is 5.32 Å². The third-order valence-corrected chi connectivity index (χ3v) is 8.15. The number of aliphatic imine (C=N–C) groups is 1. The smallest absolute Gasteiger partial charge is 0.338 e. The lowest BCUT2D eigenvalue weighted by Crippen LogP contribution is -2.39. The van der Waals surface area contributed by atoms with E-state index in [4.69, 9.17) is 23.9 Å². The minimum absolute atomic E-state index is 0.0572. The second-order valence-corrected chi connectivity index (χ2v) is 10.7. The van der Waals surface area contributed by atoms with Gasteiger partial charge in [0.15, 0.2) is 16.7 Å². The van der Waals surface area contributed by atoms with Crippen LogP contribution in [0.25, 0.3) is 0 Å². The molecule has 10 heteroatoms. The summed E-state index contributed by atoms with van der Waals surface area (Å²) < 4.78 is 22.7. The number of amides is 1. The van der Waals surface area contributed by atoms with Gasteiger partial charge in [-0.25, -0.2) is 9.79 Å². The Morgan fingerprint density at radius 1 is 1.15 bits per heavy atom. The fourth-order valence-electron chi connectivity index (χ4n) is 5.20. The molecule has 1 saturated heterocycles. The number of carbonyl (C=O) groups is 2. The summed E-state index contributed by atoms with van der Waals surface area (Å²) in [5.74, 6) is 0.553. The van der Waals surface area contributed by atoms with Gasteiger partial charge in [-0.1, -0.05) is 55.1 Å². The molecular formula is C31H35N3O6S. The molecule has 0 saturated carbocycles. The van der Waals surface area contributed by atoms with Crippen molar-refractivity contribution >= 4 is 28.8 Å². The van der Waals surface area contributed by atoms with Crippen molar-refractivity contribution in [3.05, 3.63) is 82.0 Å². The van der Waals surface area contributed by atoms with Crippen LogP contribution in [0.2, 0.25) is 0 Å². The molecule has 3 heterocycles. The van der Waals surface area contributed by atoms with E-state index >= 15 is 0 Å². The van der Waals surface area contributed by atoms with E-state index in [-0.39, 0.29) is 18.4 Å². The molecule has 1 N–H and O–H groups in total. The largest absolute Gasteiger partial charge is 0.493 e. The van der Waals surface area contributed by atoms with Gasteiger partial charge in [0.05, 0.1) is 44.1 Å². The lowest BCUT2D eigenvalue weighted by Gasteiger charge is -2.36. The van der Waals surface area contributed by atoms with Gasteiger partial charge in [0.1, 0.15) is 6.61 Å². The van der Waals surface area contributed by atoms with Crippen LogP contribution in [0, 0.1) is 0 Å². The number of ether oxygens (including phenoxy) is 4. The van der Waals surface area contributed by atoms with Gasteiger partial charge in [-0.3, -0.25) is 4.79 Å². The summed E-state index contributed by atoms with van der Waals surface area (Å²) in [5, 5.41) is 5.64. The highest BCUT2D eigenvalue weighted by Crippen LogP contribution is 2.46. The number of allylic oxidation sites excluding steroid dienone is 1. The number of benzene rings is 2. The van der Waals surface area contributed by atoms with E-state index in [9.17, 15) is 9.59 Å². The predicted molar refractivity (Wildman–Crippen MR) is 157 cm³/mol. The van der Waals surface area contributed by atoms with Crippen molar-refractivity contribution < 1.29 is 28.5 Å². The van der Waals surface area contributed by atoms with E-state index in [0.717, 1.165) is 36.3 Å². The molecule has 0 radical (unpaired) electrons. The van der Waals surface area contributed by atoms with Crippen LogP contribution < -0.4 is 14.8 Å². The molecule has 0 unspecified atom stereocenters. The molecule has 2 atom stereocenters. The first-order valence-corrected chi connectivity index (χ1v) is 14.7. The molecule has 0 spiro atoms. The zero-order valence-electron chi connectivity index (χ0n) is 23.6. The lowest BCUT2D eigenvalue weighted by molar-refractivity contribution is -0.136. The highest BCUT2D eigenvalue weighted by atomic mass is 32.2. The Morgan fingerprint density at radius 2 is 1.98 bits per heavy atom. The third kappa shape index (κ3) is 6.44. The van der Waals surface area contributed by atoms with Gasteiger partial charge in [0.2, 0.25) is 5.91 Å². The fraction of sp³-hybridized carbons (Fsp3) is 0.387. The molecule has 41 heavy (non-hydrogen) atoms. The molecular weight excluding hydrogens is 542 g/mol. The minimum Gasteiger partial charge on any atom is -0.493 e. The van der Waals surface area contributed by atoms with E-state index < -0.39 is 12.0 Å². The Morgan fingerprint density at radius 3 is 2.68 bits per heavy atom. The zero-order chi connectivity index (χ0) is 28.8. The molecule has 2 aromatic carbocycles. The molecule has 0 aliphatic carbocycles. The summed E-state index contributed by atoms with van der Waals surface area (Å²) in [7, 11) is 2.96. The van der Waals surface area contributed by atoms with Crippen LogP contribution in [0.1, 0.15) is 49.8 Å². The van der Waals surface area contributed by atoms with Crippen LogP contribution in [0.4, 0.5) is 0 Å². The average molecular weight is 578 g/mol. The molecule has 3 aliphatic heterocycles. The monoisotopic (exact) mass is 577 g/mol. The first-order valence-electron chi connectivity index (χ1n) is 13.8. The third-order valence-electron chi connectivity index (χ3n) is 7.26.